The molecule has 3 aromatic rings. The molecule has 0 spiro atoms. The number of unbranched alkanes of at least 4 members (excludes halogenated alkanes) is 9. The zero-order chi connectivity index (χ0) is 31.2. The second kappa shape index (κ2) is 17.1. The van der Waals surface area contributed by atoms with Gasteiger partial charge in [-0.25, -0.2) is 4.79 Å². The van der Waals surface area contributed by atoms with Gasteiger partial charge in [-0.05, 0) is 49.4 Å². The van der Waals surface area contributed by atoms with Gasteiger partial charge in [-0.3, -0.25) is 4.79 Å². The molecular formula is C34H44F3NO5. The molecular weight excluding hydrogens is 559 g/mol. The summed E-state index contributed by atoms with van der Waals surface area (Å²) in [7, 11) is 0. The summed E-state index contributed by atoms with van der Waals surface area (Å²) in [4.78, 5) is 28.4. The summed E-state index contributed by atoms with van der Waals surface area (Å²) in [5, 5.41) is 0.418. The molecule has 2 heterocycles. The van der Waals surface area contributed by atoms with Gasteiger partial charge in [0.15, 0.2) is 0 Å². The summed E-state index contributed by atoms with van der Waals surface area (Å²) in [5.41, 5.74) is -1.46. The number of aromatic nitrogens is 1. The number of aryl methyl sites for hydroxylation is 1. The third-order valence-corrected chi connectivity index (χ3v) is 7.33. The van der Waals surface area contributed by atoms with Crippen LogP contribution in [0.4, 0.5) is 13.2 Å². The summed E-state index contributed by atoms with van der Waals surface area (Å²) < 4.78 is 58.0. The molecule has 43 heavy (non-hydrogen) atoms. The topological polar surface area (TPSA) is 78.6 Å². The lowest BCUT2D eigenvalue weighted by Crippen LogP contribution is -2.12. The minimum absolute atomic E-state index is 0.0254. The van der Waals surface area contributed by atoms with Crippen LogP contribution in [0.1, 0.15) is 103 Å². The Bertz CT molecular complexity index is 1370. The number of alkyl halides is 3. The zero-order valence-corrected chi connectivity index (χ0v) is 25.6. The number of ether oxygens (including phenoxy) is 2. The van der Waals surface area contributed by atoms with E-state index in [1.165, 1.54) is 25.0 Å². The molecule has 0 bridgehead atoms. The Hall–Kier alpha value is -3.36. The van der Waals surface area contributed by atoms with Crippen molar-refractivity contribution in [3.63, 3.8) is 0 Å². The van der Waals surface area contributed by atoms with E-state index in [9.17, 15) is 22.8 Å². The molecule has 0 amide bonds. The van der Waals surface area contributed by atoms with Gasteiger partial charge in [-0.15, -0.1) is 0 Å². The number of hydrogen-bond donors (Lipinski definition) is 0. The standard InChI is InChI=1S/C34H44F3NO5/c1-4-5-15-25-16-18-27(29(22-25)34(35,36)37)28-23-26-17-19-30(38-31(26)43-33(28)40)41-20-13-11-9-7-6-8-10-12-14-21-42-32(39)24(2)3/h16-19,22-24H,4-15,20-21H2,1-3H3. The Morgan fingerprint density at radius 3 is 2.14 bits per heavy atom. The van der Waals surface area contributed by atoms with Gasteiger partial charge in [-0.2, -0.15) is 18.2 Å². The number of hydrogen-bond acceptors (Lipinski definition) is 6. The van der Waals surface area contributed by atoms with Crippen molar-refractivity contribution in [2.24, 2.45) is 5.92 Å². The van der Waals surface area contributed by atoms with Crippen molar-refractivity contribution in [3.8, 4) is 17.0 Å². The number of pyridine rings is 1. The van der Waals surface area contributed by atoms with E-state index in [-0.39, 0.29) is 28.7 Å². The van der Waals surface area contributed by atoms with E-state index in [1.807, 2.05) is 20.8 Å². The van der Waals surface area contributed by atoms with Crippen molar-refractivity contribution in [1.82, 2.24) is 4.98 Å². The van der Waals surface area contributed by atoms with E-state index in [0.29, 0.717) is 36.5 Å². The third-order valence-electron chi connectivity index (χ3n) is 7.33. The van der Waals surface area contributed by atoms with Gasteiger partial charge >= 0.3 is 17.8 Å². The number of carbonyl (C=O) groups excluding carboxylic acids is 1. The minimum Gasteiger partial charge on any atom is -0.478 e. The van der Waals surface area contributed by atoms with Crippen LogP contribution >= 0.6 is 0 Å². The number of carbonyl (C=O) groups is 1. The minimum atomic E-state index is -4.61. The smallest absolute Gasteiger partial charge is 0.417 e. The van der Waals surface area contributed by atoms with Crippen LogP contribution in [0.2, 0.25) is 0 Å². The van der Waals surface area contributed by atoms with E-state index >= 15 is 0 Å². The van der Waals surface area contributed by atoms with Crippen molar-refractivity contribution >= 4 is 17.1 Å². The molecule has 0 saturated carbocycles. The Kier molecular flexibility index (Phi) is 13.5. The average Bonchev–Trinajstić information content (AvgIpc) is 2.97. The monoisotopic (exact) mass is 603 g/mol. The molecule has 0 fully saturated rings. The molecule has 9 heteroatoms. The fourth-order valence-electron chi connectivity index (χ4n) is 4.81. The predicted octanol–water partition coefficient (Wildman–Crippen LogP) is 9.31. The van der Waals surface area contributed by atoms with Crippen LogP contribution in [0.5, 0.6) is 5.88 Å². The molecule has 0 radical (unpaired) electrons. The van der Waals surface area contributed by atoms with Gasteiger partial charge in [0, 0.05) is 17.0 Å². The van der Waals surface area contributed by atoms with Crippen molar-refractivity contribution in [2.45, 2.75) is 104 Å². The number of fused-ring (bicyclic) bond motifs is 1. The van der Waals surface area contributed by atoms with E-state index in [1.54, 1.807) is 18.2 Å². The first-order valence-corrected chi connectivity index (χ1v) is 15.5. The maximum Gasteiger partial charge on any atom is 0.417 e. The zero-order valence-electron chi connectivity index (χ0n) is 25.6. The van der Waals surface area contributed by atoms with Gasteiger partial charge in [0.1, 0.15) is 0 Å². The molecule has 0 N–H and O–H groups in total. The highest BCUT2D eigenvalue weighted by molar-refractivity contribution is 5.80. The molecule has 236 valence electrons. The highest BCUT2D eigenvalue weighted by Gasteiger charge is 2.34. The van der Waals surface area contributed by atoms with Gasteiger partial charge < -0.3 is 13.9 Å². The number of esters is 1. The first-order valence-electron chi connectivity index (χ1n) is 15.5. The van der Waals surface area contributed by atoms with Crippen LogP contribution in [0.15, 0.2) is 45.6 Å². The summed E-state index contributed by atoms with van der Waals surface area (Å²) in [6.07, 6.45) is 7.20. The average molecular weight is 604 g/mol. The molecule has 0 atom stereocenters. The van der Waals surface area contributed by atoms with Crippen LogP contribution in [-0.4, -0.2) is 24.2 Å². The molecule has 1 aromatic carbocycles. The van der Waals surface area contributed by atoms with Crippen LogP contribution < -0.4 is 10.4 Å². The lowest BCUT2D eigenvalue weighted by atomic mass is 9.96. The molecule has 0 aliphatic heterocycles. The summed E-state index contributed by atoms with van der Waals surface area (Å²) >= 11 is 0. The number of halogens is 3. The molecule has 3 rings (SSSR count). The van der Waals surface area contributed by atoms with Gasteiger partial charge in [0.2, 0.25) is 11.6 Å². The van der Waals surface area contributed by atoms with E-state index in [2.05, 4.69) is 4.98 Å². The Labute approximate surface area is 252 Å². The maximum atomic E-state index is 13.9. The molecule has 0 aliphatic carbocycles. The Morgan fingerprint density at radius 2 is 1.51 bits per heavy atom. The third kappa shape index (κ3) is 11.0. The molecule has 0 saturated heterocycles. The van der Waals surface area contributed by atoms with Crippen molar-refractivity contribution < 1.29 is 31.9 Å². The van der Waals surface area contributed by atoms with Crippen molar-refractivity contribution in [2.75, 3.05) is 13.2 Å². The lowest BCUT2D eigenvalue weighted by Gasteiger charge is -2.14. The van der Waals surface area contributed by atoms with Gasteiger partial charge in [-0.1, -0.05) is 84.3 Å². The Balaban J connectivity index is 1.44. The van der Waals surface area contributed by atoms with Crippen LogP contribution in [-0.2, 0) is 22.1 Å². The molecule has 6 nitrogen and oxygen atoms in total. The molecule has 2 aromatic heterocycles. The second-order valence-electron chi connectivity index (χ2n) is 11.3. The maximum absolute atomic E-state index is 13.9. The summed E-state index contributed by atoms with van der Waals surface area (Å²) in [5.74, 6) is 0.0980. The number of nitrogens with zero attached hydrogens (tertiary/aromatic N) is 1. The summed E-state index contributed by atoms with van der Waals surface area (Å²) in [6.45, 7) is 6.63. The molecule has 0 unspecified atom stereocenters. The Morgan fingerprint density at radius 1 is 0.860 bits per heavy atom. The van der Waals surface area contributed by atoms with Crippen molar-refractivity contribution in [3.05, 3.63) is 57.9 Å². The fourth-order valence-corrected chi connectivity index (χ4v) is 4.81. The van der Waals surface area contributed by atoms with E-state index in [4.69, 9.17) is 13.9 Å². The van der Waals surface area contributed by atoms with Crippen LogP contribution in [0.3, 0.4) is 0 Å². The van der Waals surface area contributed by atoms with Crippen molar-refractivity contribution in [1.29, 1.82) is 0 Å². The number of rotatable bonds is 18. The van der Waals surface area contributed by atoms with E-state index < -0.39 is 17.4 Å². The van der Waals surface area contributed by atoms with Gasteiger partial charge in [0.05, 0.1) is 30.3 Å². The van der Waals surface area contributed by atoms with Crippen LogP contribution in [0.25, 0.3) is 22.2 Å². The second-order valence-corrected chi connectivity index (χ2v) is 11.3. The van der Waals surface area contributed by atoms with Gasteiger partial charge in [0.25, 0.3) is 0 Å². The highest BCUT2D eigenvalue weighted by Crippen LogP contribution is 2.37. The van der Waals surface area contributed by atoms with Crippen LogP contribution in [0, 0.1) is 5.92 Å². The molecule has 0 aliphatic rings. The highest BCUT2D eigenvalue weighted by atomic mass is 19.4. The normalized spacial score (nSPS) is 11.8. The quantitative estimate of drug-likeness (QED) is 0.107. The van der Waals surface area contributed by atoms with E-state index in [0.717, 1.165) is 63.9 Å². The largest absolute Gasteiger partial charge is 0.478 e. The SMILES string of the molecule is CCCCc1ccc(-c2cc3ccc(OCCCCCCCCCCCOC(=O)C(C)C)nc3oc2=O)c(C(F)(F)F)c1. The number of benzene rings is 1. The predicted molar refractivity (Wildman–Crippen MR) is 162 cm³/mol. The fraction of sp³-hybridized carbons (Fsp3) is 0.559. The lowest BCUT2D eigenvalue weighted by molar-refractivity contribution is -0.147. The first-order chi connectivity index (χ1) is 20.6. The first kappa shape index (κ1) is 34.1. The summed E-state index contributed by atoms with van der Waals surface area (Å²) in [6, 6.07) is 8.79.